The van der Waals surface area contributed by atoms with Crippen LogP contribution in [0.15, 0.2) is 46.6 Å². The summed E-state index contributed by atoms with van der Waals surface area (Å²) in [6.07, 6.45) is 6.99. The summed E-state index contributed by atoms with van der Waals surface area (Å²) in [7, 11) is 0. The number of nitriles is 1. The molecule has 5 rings (SSSR count). The van der Waals surface area contributed by atoms with Crippen LogP contribution in [-0.4, -0.2) is 57.4 Å². The van der Waals surface area contributed by atoms with Crippen molar-refractivity contribution < 1.29 is 8.78 Å². The molecule has 3 aliphatic rings. The Labute approximate surface area is 200 Å². The van der Waals surface area contributed by atoms with E-state index in [1.165, 1.54) is 17.1 Å². The summed E-state index contributed by atoms with van der Waals surface area (Å²) in [5, 5.41) is 14.3. The predicted octanol–water partition coefficient (Wildman–Crippen LogP) is 4.40. The van der Waals surface area contributed by atoms with Gasteiger partial charge >= 0.3 is 0 Å². The molecular weight excluding hydrogens is 460 g/mol. The first-order valence-corrected chi connectivity index (χ1v) is 11.4. The number of fused-ring (bicyclic) bond motifs is 1. The minimum absolute atomic E-state index is 0.141. The van der Waals surface area contributed by atoms with Crippen LogP contribution >= 0.6 is 11.6 Å². The van der Waals surface area contributed by atoms with Gasteiger partial charge in [0.15, 0.2) is 5.65 Å². The number of halogens is 3. The van der Waals surface area contributed by atoms with Gasteiger partial charge in [0, 0.05) is 41.5 Å². The van der Waals surface area contributed by atoms with Crippen molar-refractivity contribution in [3.05, 3.63) is 64.1 Å². The highest BCUT2D eigenvalue weighted by atomic mass is 35.5. The molecule has 2 fully saturated rings. The van der Waals surface area contributed by atoms with E-state index in [0.29, 0.717) is 28.3 Å². The minimum Gasteiger partial charge on any atom is -0.353 e. The number of aliphatic imine (C=N–C) groups is 1. The maximum atomic E-state index is 13.7. The summed E-state index contributed by atoms with van der Waals surface area (Å²) in [6.45, 7) is 9.13. The Hall–Kier alpha value is -3.35. The van der Waals surface area contributed by atoms with Gasteiger partial charge < -0.3 is 4.90 Å². The van der Waals surface area contributed by atoms with Crippen molar-refractivity contribution in [1.29, 1.82) is 5.26 Å². The van der Waals surface area contributed by atoms with E-state index in [4.69, 9.17) is 11.6 Å². The molecule has 1 aliphatic carbocycles. The fourth-order valence-electron chi connectivity index (χ4n) is 4.47. The molecule has 2 aromatic heterocycles. The van der Waals surface area contributed by atoms with Gasteiger partial charge in [0.25, 0.3) is 6.43 Å². The molecule has 0 unspecified atom stereocenters. The minimum atomic E-state index is -2.88. The second-order valence-electron chi connectivity index (χ2n) is 8.45. The van der Waals surface area contributed by atoms with Gasteiger partial charge in [-0.25, -0.2) is 13.8 Å². The van der Waals surface area contributed by atoms with Crippen molar-refractivity contribution in [2.24, 2.45) is 4.99 Å². The number of nitrogens with zero attached hydrogens (tertiary/aromatic N) is 7. The molecule has 0 amide bonds. The molecule has 0 radical (unpaired) electrons. The smallest absolute Gasteiger partial charge is 0.283 e. The van der Waals surface area contributed by atoms with Crippen molar-refractivity contribution in [1.82, 2.24) is 19.5 Å². The van der Waals surface area contributed by atoms with Crippen LogP contribution in [0.2, 0.25) is 0 Å². The molecular formula is C24H22ClF2N7. The zero-order valence-electron chi connectivity index (χ0n) is 18.5. The summed E-state index contributed by atoms with van der Waals surface area (Å²) >= 11 is 6.16. The molecule has 0 saturated carbocycles. The molecule has 2 aliphatic heterocycles. The SMILES string of the molecule is C=CN=C1C=C(Cl)C=C/C1=C\c1c(C)nc2c(C#N)c(C(F)F)nn2c1N1CC(N2CCC2)C1. The fourth-order valence-corrected chi connectivity index (χ4v) is 4.64. The molecule has 4 heterocycles. The Morgan fingerprint density at radius 2 is 2.09 bits per heavy atom. The van der Waals surface area contributed by atoms with E-state index in [1.807, 2.05) is 18.2 Å². The molecule has 0 spiro atoms. The van der Waals surface area contributed by atoms with E-state index >= 15 is 0 Å². The van der Waals surface area contributed by atoms with Gasteiger partial charge in [0.2, 0.25) is 0 Å². The van der Waals surface area contributed by atoms with Gasteiger partial charge in [0.1, 0.15) is 23.1 Å². The van der Waals surface area contributed by atoms with Crippen molar-refractivity contribution in [2.45, 2.75) is 25.8 Å². The molecule has 2 aromatic rings. The topological polar surface area (TPSA) is 72.8 Å². The van der Waals surface area contributed by atoms with Crippen LogP contribution in [0.3, 0.4) is 0 Å². The Bertz CT molecular complexity index is 1340. The first-order chi connectivity index (χ1) is 16.4. The molecule has 0 N–H and O–H groups in total. The van der Waals surface area contributed by atoms with Crippen LogP contribution in [0.5, 0.6) is 0 Å². The predicted molar refractivity (Wildman–Crippen MR) is 128 cm³/mol. The third kappa shape index (κ3) is 3.73. The molecule has 0 atom stereocenters. The molecule has 0 aromatic carbocycles. The molecule has 174 valence electrons. The summed E-state index contributed by atoms with van der Waals surface area (Å²) in [4.78, 5) is 13.4. The number of aryl methyl sites for hydroxylation is 1. The number of likely N-dealkylation sites (tertiary alicyclic amines) is 1. The van der Waals surface area contributed by atoms with Crippen LogP contribution in [0, 0.1) is 18.3 Å². The van der Waals surface area contributed by atoms with Gasteiger partial charge in [0.05, 0.1) is 11.4 Å². The van der Waals surface area contributed by atoms with E-state index < -0.39 is 12.1 Å². The molecule has 0 bridgehead atoms. The number of anilines is 1. The van der Waals surface area contributed by atoms with E-state index in [2.05, 4.69) is 31.5 Å². The lowest BCUT2D eigenvalue weighted by Crippen LogP contribution is -2.63. The summed E-state index contributed by atoms with van der Waals surface area (Å²) in [5.74, 6) is 0.641. The average Bonchev–Trinajstić information content (AvgIpc) is 3.10. The zero-order chi connectivity index (χ0) is 24.0. The Morgan fingerprint density at radius 3 is 2.71 bits per heavy atom. The largest absolute Gasteiger partial charge is 0.353 e. The standard InChI is InChI=1S/C24H22ClF2N7/c1-3-29-20-10-16(25)6-5-15(20)9-18-14(2)30-23-19(11-28)21(22(26)27)31-34(23)24(18)33-12-17(13-33)32-7-4-8-32/h3,5-6,9-10,17,22H,1,4,7-8,12-13H2,2H3/b15-9+,29-20?. The van der Waals surface area contributed by atoms with Crippen LogP contribution in [0.1, 0.15) is 35.4 Å². The molecule has 34 heavy (non-hydrogen) atoms. The van der Waals surface area contributed by atoms with Gasteiger partial charge in [-0.1, -0.05) is 24.3 Å². The first kappa shape index (κ1) is 22.4. The van der Waals surface area contributed by atoms with Crippen LogP contribution < -0.4 is 4.90 Å². The Morgan fingerprint density at radius 1 is 1.32 bits per heavy atom. The van der Waals surface area contributed by atoms with Crippen LogP contribution in [-0.2, 0) is 0 Å². The quantitative estimate of drug-likeness (QED) is 0.633. The highest BCUT2D eigenvalue weighted by Crippen LogP contribution is 2.35. The normalized spacial score (nSPS) is 21.2. The number of allylic oxidation sites excluding steroid dienone is 5. The number of hydrogen-bond acceptors (Lipinski definition) is 6. The zero-order valence-corrected chi connectivity index (χ0v) is 19.3. The molecule has 7 nitrogen and oxygen atoms in total. The molecule has 10 heteroatoms. The fraction of sp³-hybridized carbons (Fsp3) is 0.333. The van der Waals surface area contributed by atoms with Crippen molar-refractivity contribution in [3.8, 4) is 6.07 Å². The van der Waals surface area contributed by atoms with Crippen molar-refractivity contribution >= 4 is 34.9 Å². The van der Waals surface area contributed by atoms with Gasteiger partial charge in [-0.2, -0.15) is 14.9 Å². The monoisotopic (exact) mass is 481 g/mol. The number of aromatic nitrogens is 3. The van der Waals surface area contributed by atoms with Crippen LogP contribution in [0.25, 0.3) is 11.7 Å². The van der Waals surface area contributed by atoms with Gasteiger partial charge in [-0.05, 0) is 44.7 Å². The van der Waals surface area contributed by atoms with Gasteiger partial charge in [-0.3, -0.25) is 9.89 Å². The summed E-state index contributed by atoms with van der Waals surface area (Å²) in [6, 6.07) is 2.28. The number of hydrogen-bond donors (Lipinski definition) is 0. The van der Waals surface area contributed by atoms with Crippen LogP contribution in [0.4, 0.5) is 14.6 Å². The third-order valence-electron chi connectivity index (χ3n) is 6.40. The van der Waals surface area contributed by atoms with E-state index in [0.717, 1.165) is 37.3 Å². The summed E-state index contributed by atoms with van der Waals surface area (Å²) in [5.41, 5.74) is 2.12. The second kappa shape index (κ2) is 8.78. The second-order valence-corrected chi connectivity index (χ2v) is 8.89. The highest BCUT2D eigenvalue weighted by Gasteiger charge is 2.37. The maximum Gasteiger partial charge on any atom is 0.283 e. The van der Waals surface area contributed by atoms with Crippen molar-refractivity contribution in [3.63, 3.8) is 0 Å². The van der Waals surface area contributed by atoms with E-state index in [9.17, 15) is 14.0 Å². The lowest BCUT2D eigenvalue weighted by Gasteiger charge is -2.50. The number of rotatable bonds is 5. The molecule has 2 saturated heterocycles. The summed E-state index contributed by atoms with van der Waals surface area (Å²) < 4.78 is 28.8. The highest BCUT2D eigenvalue weighted by molar-refractivity contribution is 6.35. The average molecular weight is 482 g/mol. The Kier molecular flexibility index (Phi) is 5.80. The van der Waals surface area contributed by atoms with Crippen molar-refractivity contribution in [2.75, 3.05) is 31.1 Å². The van der Waals surface area contributed by atoms with E-state index in [1.54, 1.807) is 19.1 Å². The van der Waals surface area contributed by atoms with Gasteiger partial charge in [-0.15, -0.1) is 0 Å². The number of alkyl halides is 2. The van der Waals surface area contributed by atoms with E-state index in [-0.39, 0.29) is 11.2 Å². The first-order valence-electron chi connectivity index (χ1n) is 11.0. The lowest BCUT2D eigenvalue weighted by atomic mass is 9.99. The Balaban J connectivity index is 1.69. The lowest BCUT2D eigenvalue weighted by molar-refractivity contribution is 0.0971. The maximum absolute atomic E-state index is 13.7. The third-order valence-corrected chi connectivity index (χ3v) is 6.64.